The van der Waals surface area contributed by atoms with Crippen molar-refractivity contribution in [3.63, 3.8) is 0 Å². The van der Waals surface area contributed by atoms with E-state index in [1.807, 2.05) is 4.90 Å². The summed E-state index contributed by atoms with van der Waals surface area (Å²) in [6.07, 6.45) is 8.37. The van der Waals surface area contributed by atoms with Gasteiger partial charge in [0.2, 0.25) is 11.8 Å². The van der Waals surface area contributed by atoms with Crippen molar-refractivity contribution in [3.8, 4) is 0 Å². The second-order valence-electron chi connectivity index (χ2n) is 11.0. The van der Waals surface area contributed by atoms with Crippen molar-refractivity contribution in [2.24, 2.45) is 0 Å². The van der Waals surface area contributed by atoms with E-state index in [2.05, 4.69) is 25.8 Å². The lowest BCUT2D eigenvalue weighted by Crippen LogP contribution is -2.58. The summed E-state index contributed by atoms with van der Waals surface area (Å²) >= 11 is 0. The predicted molar refractivity (Wildman–Crippen MR) is 132 cm³/mol. The Labute approximate surface area is 209 Å². The van der Waals surface area contributed by atoms with Crippen molar-refractivity contribution in [2.75, 3.05) is 59.0 Å². The van der Waals surface area contributed by atoms with Gasteiger partial charge in [0.1, 0.15) is 0 Å². The number of carbonyl (C=O) groups is 2. The first-order valence-corrected chi connectivity index (χ1v) is 13.9. The molecule has 0 saturated carbocycles. The predicted octanol–water partition coefficient (Wildman–Crippen LogP) is -0.919. The highest BCUT2D eigenvalue weighted by Gasteiger charge is 2.43. The number of nitrogens with zero attached hydrogens (tertiary/aromatic N) is 3. The second kappa shape index (κ2) is 11.8. The molecule has 5 fully saturated rings. The molecule has 10 nitrogen and oxygen atoms in total. The van der Waals surface area contributed by atoms with Crippen LogP contribution in [0.4, 0.5) is 0 Å². The molecule has 0 radical (unpaired) electrons. The molecule has 4 N–H and O–H groups in total. The van der Waals surface area contributed by atoms with E-state index in [1.165, 1.54) is 19.3 Å². The maximum atomic E-state index is 13.0. The first-order chi connectivity index (χ1) is 17.1. The van der Waals surface area contributed by atoms with Crippen molar-refractivity contribution < 1.29 is 19.4 Å². The summed E-state index contributed by atoms with van der Waals surface area (Å²) in [6, 6.07) is 0.352. The number of hydrogen-bond acceptors (Lipinski definition) is 8. The summed E-state index contributed by atoms with van der Waals surface area (Å²) in [5, 5.41) is 19.6. The number of aliphatic hydroxyl groups excluding tert-OH is 1. The largest absolute Gasteiger partial charge is 0.394 e. The Balaban J connectivity index is 1.05. The van der Waals surface area contributed by atoms with Gasteiger partial charge in [-0.2, -0.15) is 0 Å². The maximum absolute atomic E-state index is 13.0. The van der Waals surface area contributed by atoms with E-state index in [0.717, 1.165) is 71.5 Å². The highest BCUT2D eigenvalue weighted by Crippen LogP contribution is 2.27. The molecular weight excluding hydrogens is 448 g/mol. The van der Waals surface area contributed by atoms with Gasteiger partial charge >= 0.3 is 0 Å². The van der Waals surface area contributed by atoms with Gasteiger partial charge in [0, 0.05) is 64.3 Å². The fourth-order valence-electron chi connectivity index (χ4n) is 6.63. The van der Waals surface area contributed by atoms with E-state index < -0.39 is 0 Å². The number of carbonyl (C=O) groups excluding carboxylic acids is 2. The Morgan fingerprint density at radius 1 is 1.11 bits per heavy atom. The highest BCUT2D eigenvalue weighted by atomic mass is 16.5. The Bertz CT molecular complexity index is 727. The summed E-state index contributed by atoms with van der Waals surface area (Å²) < 4.78 is 5.84. The number of hydrogen-bond donors (Lipinski definition) is 4. The molecule has 0 spiro atoms. The molecule has 35 heavy (non-hydrogen) atoms. The molecule has 5 rings (SSSR count). The van der Waals surface area contributed by atoms with Crippen molar-refractivity contribution in [1.29, 1.82) is 0 Å². The van der Waals surface area contributed by atoms with Crippen molar-refractivity contribution in [1.82, 2.24) is 30.7 Å². The molecule has 2 amide bonds. The molecule has 5 aliphatic heterocycles. The van der Waals surface area contributed by atoms with Crippen molar-refractivity contribution in [3.05, 3.63) is 0 Å². The highest BCUT2D eigenvalue weighted by molar-refractivity contribution is 5.83. The number of nitrogens with one attached hydrogen (secondary N) is 3. The molecule has 3 unspecified atom stereocenters. The summed E-state index contributed by atoms with van der Waals surface area (Å²) in [5.41, 5.74) is 0. The van der Waals surface area contributed by atoms with Gasteiger partial charge in [-0.1, -0.05) is 0 Å². The third-order valence-corrected chi connectivity index (χ3v) is 8.74. The fourth-order valence-corrected chi connectivity index (χ4v) is 6.63. The lowest BCUT2D eigenvalue weighted by molar-refractivity contribution is -0.134. The summed E-state index contributed by atoms with van der Waals surface area (Å²) in [5.74, 6) is 0.363. The van der Waals surface area contributed by atoms with Crippen LogP contribution in [0.3, 0.4) is 0 Å². The van der Waals surface area contributed by atoms with Crippen LogP contribution < -0.4 is 16.0 Å². The normalized spacial score (nSPS) is 36.8. The van der Waals surface area contributed by atoms with Gasteiger partial charge in [0.15, 0.2) is 0 Å². The van der Waals surface area contributed by atoms with Crippen LogP contribution in [0.25, 0.3) is 0 Å². The third kappa shape index (κ3) is 6.17. The first kappa shape index (κ1) is 25.4. The van der Waals surface area contributed by atoms with Crippen LogP contribution in [0.5, 0.6) is 0 Å². The van der Waals surface area contributed by atoms with Crippen molar-refractivity contribution in [2.45, 2.75) is 87.9 Å². The van der Waals surface area contributed by atoms with Gasteiger partial charge in [0.05, 0.1) is 31.0 Å². The van der Waals surface area contributed by atoms with Gasteiger partial charge in [-0.25, -0.2) is 0 Å². The fraction of sp³-hybridized carbons (Fsp3) is 0.920. The van der Waals surface area contributed by atoms with Crippen LogP contribution in [0, 0.1) is 0 Å². The number of fused-ring (bicyclic) bond motifs is 1. The SMILES string of the molecule is O=C1NC[C@H](CCC(=O)N2CCN(C3CCCCN3)CC2)N2C[C@@H](NCC3CCC(CO)O3)C[C@H]12. The van der Waals surface area contributed by atoms with E-state index in [4.69, 9.17) is 4.74 Å². The number of amides is 2. The van der Waals surface area contributed by atoms with E-state index >= 15 is 0 Å². The lowest BCUT2D eigenvalue weighted by Gasteiger charge is -2.41. The minimum atomic E-state index is -0.109. The molecule has 198 valence electrons. The Hall–Kier alpha value is -1.30. The molecule has 5 heterocycles. The maximum Gasteiger partial charge on any atom is 0.237 e. The quantitative estimate of drug-likeness (QED) is 0.345. The molecule has 10 heteroatoms. The molecular formula is C25H44N6O4. The number of piperidine rings is 1. The zero-order valence-electron chi connectivity index (χ0n) is 21.0. The van der Waals surface area contributed by atoms with Crippen molar-refractivity contribution >= 4 is 11.8 Å². The molecule has 0 aromatic rings. The van der Waals surface area contributed by atoms with Gasteiger partial charge in [-0.05, 0) is 51.5 Å². The van der Waals surface area contributed by atoms with Gasteiger partial charge in [0.25, 0.3) is 0 Å². The van der Waals surface area contributed by atoms with Crippen LogP contribution in [-0.4, -0.2) is 127 Å². The zero-order valence-corrected chi connectivity index (χ0v) is 21.0. The summed E-state index contributed by atoms with van der Waals surface area (Å²) in [6.45, 7) is 6.95. The number of piperazine rings is 2. The lowest BCUT2D eigenvalue weighted by atomic mass is 10.0. The topological polar surface area (TPSA) is 109 Å². The molecule has 5 aliphatic rings. The van der Waals surface area contributed by atoms with Crippen LogP contribution in [0.15, 0.2) is 0 Å². The average molecular weight is 493 g/mol. The van der Waals surface area contributed by atoms with Gasteiger partial charge in [-0.3, -0.25) is 19.4 Å². The molecule has 6 atom stereocenters. The van der Waals surface area contributed by atoms with Gasteiger partial charge < -0.3 is 30.7 Å². The molecule has 0 aromatic carbocycles. The average Bonchev–Trinajstić information content (AvgIpc) is 3.55. The Morgan fingerprint density at radius 2 is 1.94 bits per heavy atom. The Morgan fingerprint density at radius 3 is 2.69 bits per heavy atom. The number of rotatable bonds is 8. The standard InChI is InChI=1S/C25H44N6O4/c32-17-21-6-5-20(35-21)15-27-18-13-22-25(34)28-14-19(31(22)16-18)4-7-24(33)30-11-9-29(10-12-30)23-3-1-2-8-26-23/h18-23,26-27,32H,1-17H2,(H,28,34)/t18-,19-,20?,21?,22+,23?/m0/s1. The third-order valence-electron chi connectivity index (χ3n) is 8.74. The van der Waals surface area contributed by atoms with Crippen LogP contribution in [0.1, 0.15) is 51.4 Å². The number of aliphatic hydroxyl groups is 1. The van der Waals surface area contributed by atoms with Gasteiger partial charge in [-0.15, -0.1) is 0 Å². The monoisotopic (exact) mass is 492 g/mol. The molecule has 0 bridgehead atoms. The smallest absolute Gasteiger partial charge is 0.237 e. The van der Waals surface area contributed by atoms with Crippen LogP contribution in [-0.2, 0) is 14.3 Å². The first-order valence-electron chi connectivity index (χ1n) is 13.9. The van der Waals surface area contributed by atoms with E-state index in [9.17, 15) is 14.7 Å². The van der Waals surface area contributed by atoms with Crippen LogP contribution in [0.2, 0.25) is 0 Å². The van der Waals surface area contributed by atoms with E-state index in [-0.39, 0.29) is 48.8 Å². The summed E-state index contributed by atoms with van der Waals surface area (Å²) in [4.78, 5) is 32.4. The Kier molecular flexibility index (Phi) is 8.57. The molecule has 0 aromatic heterocycles. The molecule has 5 saturated heterocycles. The second-order valence-corrected chi connectivity index (χ2v) is 11.0. The minimum Gasteiger partial charge on any atom is -0.394 e. The van der Waals surface area contributed by atoms with E-state index in [1.54, 1.807) is 0 Å². The zero-order chi connectivity index (χ0) is 24.2. The minimum absolute atomic E-state index is 0.0312. The van der Waals surface area contributed by atoms with E-state index in [0.29, 0.717) is 19.1 Å². The number of ether oxygens (including phenoxy) is 1. The molecule has 0 aliphatic carbocycles. The van der Waals surface area contributed by atoms with Crippen LogP contribution >= 0.6 is 0 Å². The summed E-state index contributed by atoms with van der Waals surface area (Å²) in [7, 11) is 0.